The number of furan rings is 1. The van der Waals surface area contributed by atoms with Crippen LogP contribution < -0.4 is 4.90 Å². The first kappa shape index (κ1) is 30.6. The Kier molecular flexibility index (Phi) is 6.55. The molecule has 8 aromatic rings. The van der Waals surface area contributed by atoms with Gasteiger partial charge in [0.05, 0.1) is 5.69 Å². The molecule has 1 aromatic heterocycles. The van der Waals surface area contributed by atoms with Crippen molar-refractivity contribution < 1.29 is 4.42 Å². The van der Waals surface area contributed by atoms with E-state index in [1.54, 1.807) is 11.1 Å². The van der Waals surface area contributed by atoms with Crippen molar-refractivity contribution in [1.29, 1.82) is 0 Å². The van der Waals surface area contributed by atoms with E-state index in [0.717, 1.165) is 45.1 Å². The molecular formula is C52H41NO. The fourth-order valence-electron chi connectivity index (χ4n) is 12.0. The van der Waals surface area contributed by atoms with Crippen LogP contribution in [0, 0.1) is 23.7 Å². The van der Waals surface area contributed by atoms with Crippen molar-refractivity contribution in [1.82, 2.24) is 0 Å². The number of rotatable bonds is 5. The Bertz CT molecular complexity index is 2710. The fraction of sp³-hybridized carbons (Fsp3) is 0.192. The normalized spacial score (nSPS) is 23.3. The second-order valence-corrected chi connectivity index (χ2v) is 16.5. The van der Waals surface area contributed by atoms with Gasteiger partial charge in [0.2, 0.25) is 0 Å². The molecule has 0 unspecified atom stereocenters. The van der Waals surface area contributed by atoms with Crippen LogP contribution in [0.25, 0.3) is 55.3 Å². The molecule has 0 radical (unpaired) electrons. The van der Waals surface area contributed by atoms with E-state index in [1.165, 1.54) is 71.2 Å². The van der Waals surface area contributed by atoms with Crippen LogP contribution in [0.3, 0.4) is 0 Å². The minimum atomic E-state index is 0.104. The Balaban J connectivity index is 1.11. The van der Waals surface area contributed by atoms with Crippen molar-refractivity contribution in [2.24, 2.45) is 23.7 Å². The van der Waals surface area contributed by atoms with Crippen LogP contribution in [0.1, 0.15) is 43.2 Å². The number of fused-ring (bicyclic) bond motifs is 6. The van der Waals surface area contributed by atoms with Crippen molar-refractivity contribution >= 4 is 39.0 Å². The molecule has 4 bridgehead atoms. The van der Waals surface area contributed by atoms with Crippen LogP contribution in [0.4, 0.5) is 17.1 Å². The summed E-state index contributed by atoms with van der Waals surface area (Å²) in [4.78, 5) is 2.49. The van der Waals surface area contributed by atoms with Gasteiger partial charge in [-0.05, 0) is 143 Å². The highest BCUT2D eigenvalue weighted by molar-refractivity contribution is 6.07. The Morgan fingerprint density at radius 2 is 1.02 bits per heavy atom. The van der Waals surface area contributed by atoms with E-state index in [9.17, 15) is 0 Å². The van der Waals surface area contributed by atoms with Crippen molar-refractivity contribution in [3.05, 3.63) is 175 Å². The average molecular weight is 696 g/mol. The maximum atomic E-state index is 6.33. The van der Waals surface area contributed by atoms with Gasteiger partial charge in [0.15, 0.2) is 0 Å². The number of benzene rings is 7. The summed E-state index contributed by atoms with van der Waals surface area (Å²) in [5.41, 5.74) is 16.4. The maximum Gasteiger partial charge on any atom is 0.135 e. The van der Waals surface area contributed by atoms with Crippen molar-refractivity contribution in [2.75, 3.05) is 4.90 Å². The third-order valence-corrected chi connectivity index (χ3v) is 13.8. The second-order valence-electron chi connectivity index (χ2n) is 16.5. The predicted octanol–water partition coefficient (Wildman–Crippen LogP) is 14.1. The van der Waals surface area contributed by atoms with Gasteiger partial charge in [0.1, 0.15) is 11.2 Å². The smallest absolute Gasteiger partial charge is 0.135 e. The lowest BCUT2D eigenvalue weighted by molar-refractivity contribution is -0.0399. The molecule has 1 spiro atoms. The Morgan fingerprint density at radius 1 is 0.426 bits per heavy atom. The second kappa shape index (κ2) is 11.6. The van der Waals surface area contributed by atoms with Crippen LogP contribution in [-0.4, -0.2) is 0 Å². The summed E-state index contributed by atoms with van der Waals surface area (Å²) in [5.74, 6) is 3.25. The Hall–Kier alpha value is -5.86. The van der Waals surface area contributed by atoms with Gasteiger partial charge in [-0.2, -0.15) is 0 Å². The standard InChI is InChI=1S/C52H41NO/c1-3-11-35(12-4-1)37-19-22-47-44(30-37)45-31-40(20-23-48(45)52(47)38-26-33-25-34(28-38)29-39(52)27-33)53(49-17-9-7-15-42(49)36-13-5-2-6-14-36)41-21-24-51-46(32-41)43-16-8-10-18-50(43)54-51/h1-24,30-34,38-39H,25-29H2. The van der Waals surface area contributed by atoms with Gasteiger partial charge in [-0.3, -0.25) is 0 Å². The van der Waals surface area contributed by atoms with Gasteiger partial charge in [-0.15, -0.1) is 0 Å². The number of nitrogens with zero attached hydrogens (tertiary/aromatic N) is 1. The molecule has 260 valence electrons. The molecule has 4 fully saturated rings. The first-order valence-electron chi connectivity index (χ1n) is 19.9. The molecule has 0 amide bonds. The lowest BCUT2D eigenvalue weighted by Gasteiger charge is -2.61. The van der Waals surface area contributed by atoms with E-state index in [1.807, 2.05) is 0 Å². The molecule has 2 heteroatoms. The van der Waals surface area contributed by atoms with Crippen LogP contribution in [0.5, 0.6) is 0 Å². The zero-order valence-electron chi connectivity index (χ0n) is 30.3. The summed E-state index contributed by atoms with van der Waals surface area (Å²) in [6.07, 6.45) is 6.97. The fourth-order valence-corrected chi connectivity index (χ4v) is 12.0. The van der Waals surface area contributed by atoms with E-state index < -0.39 is 0 Å². The molecule has 2 nitrogen and oxygen atoms in total. The van der Waals surface area contributed by atoms with Gasteiger partial charge in [0, 0.05) is 33.1 Å². The van der Waals surface area contributed by atoms with Crippen molar-refractivity contribution in [3.63, 3.8) is 0 Å². The largest absolute Gasteiger partial charge is 0.456 e. The summed E-state index contributed by atoms with van der Waals surface area (Å²) in [7, 11) is 0. The third-order valence-electron chi connectivity index (χ3n) is 13.8. The Labute approximate surface area is 316 Å². The van der Waals surface area contributed by atoms with Gasteiger partial charge >= 0.3 is 0 Å². The van der Waals surface area contributed by atoms with Gasteiger partial charge in [-0.1, -0.05) is 115 Å². The van der Waals surface area contributed by atoms with E-state index in [0.29, 0.717) is 11.8 Å². The first-order valence-corrected chi connectivity index (χ1v) is 19.9. The molecular weight excluding hydrogens is 655 g/mol. The van der Waals surface area contributed by atoms with E-state index in [4.69, 9.17) is 4.42 Å². The highest BCUT2D eigenvalue weighted by atomic mass is 16.3. The summed E-state index contributed by atoms with van der Waals surface area (Å²) in [6.45, 7) is 0. The molecule has 7 aromatic carbocycles. The minimum Gasteiger partial charge on any atom is -0.456 e. The first-order chi connectivity index (χ1) is 26.7. The van der Waals surface area contributed by atoms with Crippen LogP contribution in [0.2, 0.25) is 0 Å². The molecule has 1 heterocycles. The Morgan fingerprint density at radius 3 is 1.80 bits per heavy atom. The van der Waals surface area contributed by atoms with Gasteiger partial charge in [0.25, 0.3) is 0 Å². The molecule has 0 N–H and O–H groups in total. The predicted molar refractivity (Wildman–Crippen MR) is 223 cm³/mol. The zero-order valence-corrected chi connectivity index (χ0v) is 30.3. The monoisotopic (exact) mass is 695 g/mol. The summed E-state index contributed by atoms with van der Waals surface area (Å²) in [5, 5.41) is 2.28. The molecule has 5 aliphatic carbocycles. The van der Waals surface area contributed by atoms with Crippen LogP contribution >= 0.6 is 0 Å². The van der Waals surface area contributed by atoms with Crippen LogP contribution in [-0.2, 0) is 5.41 Å². The third kappa shape index (κ3) is 4.34. The molecule has 54 heavy (non-hydrogen) atoms. The highest BCUT2D eigenvalue weighted by Crippen LogP contribution is 2.69. The molecule has 4 saturated carbocycles. The quantitative estimate of drug-likeness (QED) is 0.178. The number of anilines is 3. The van der Waals surface area contributed by atoms with E-state index >= 15 is 0 Å². The molecule has 0 aliphatic heterocycles. The number of hydrogen-bond donors (Lipinski definition) is 0. The summed E-state index contributed by atoms with van der Waals surface area (Å²) < 4.78 is 6.33. The lowest BCUT2D eigenvalue weighted by atomic mass is 9.43. The molecule has 0 saturated heterocycles. The minimum absolute atomic E-state index is 0.104. The highest BCUT2D eigenvalue weighted by Gasteiger charge is 2.61. The van der Waals surface area contributed by atoms with Crippen molar-refractivity contribution in [2.45, 2.75) is 37.5 Å². The summed E-state index contributed by atoms with van der Waals surface area (Å²) in [6, 6.07) is 60.8. The topological polar surface area (TPSA) is 16.4 Å². The molecule has 0 atom stereocenters. The molecule has 13 rings (SSSR count). The van der Waals surface area contributed by atoms with E-state index in [2.05, 4.69) is 169 Å². The van der Waals surface area contributed by atoms with Crippen molar-refractivity contribution in [3.8, 4) is 33.4 Å². The van der Waals surface area contributed by atoms with Gasteiger partial charge in [-0.25, -0.2) is 0 Å². The average Bonchev–Trinajstić information content (AvgIpc) is 3.73. The number of para-hydroxylation sites is 2. The SMILES string of the molecule is c1ccc(-c2ccc3c(c2)-c2cc(N(c4ccc5oc6ccccc6c5c4)c4ccccc4-c4ccccc4)ccc2C32C3CC4CC(C3)CC2C4)cc1. The number of hydrogen-bond acceptors (Lipinski definition) is 2. The van der Waals surface area contributed by atoms with Gasteiger partial charge < -0.3 is 9.32 Å². The summed E-state index contributed by atoms with van der Waals surface area (Å²) >= 11 is 0. The molecule has 5 aliphatic rings. The maximum absolute atomic E-state index is 6.33. The van der Waals surface area contributed by atoms with E-state index in [-0.39, 0.29) is 5.41 Å². The van der Waals surface area contributed by atoms with Crippen LogP contribution in [0.15, 0.2) is 168 Å². The zero-order chi connectivity index (χ0) is 35.4. The lowest BCUT2D eigenvalue weighted by Crippen LogP contribution is -2.55.